The van der Waals surface area contributed by atoms with Crippen molar-refractivity contribution in [2.75, 3.05) is 19.8 Å². The van der Waals surface area contributed by atoms with Crippen molar-refractivity contribution in [3.63, 3.8) is 0 Å². The molecule has 2 aromatic heterocycles. The largest absolute Gasteiger partial charge is 0.494 e. The molecular formula is C22H24N4O7S. The Morgan fingerprint density at radius 1 is 1.18 bits per heavy atom. The van der Waals surface area contributed by atoms with Crippen LogP contribution in [0, 0.1) is 0 Å². The number of pyridine rings is 1. The molecule has 0 spiro atoms. The number of nitrogens with one attached hydrogen (secondary N) is 1. The minimum atomic E-state index is -4.07. The summed E-state index contributed by atoms with van der Waals surface area (Å²) in [4.78, 5) is 20.6. The lowest BCUT2D eigenvalue weighted by atomic mass is 9.98. The van der Waals surface area contributed by atoms with Crippen molar-refractivity contribution in [3.8, 4) is 17.1 Å². The van der Waals surface area contributed by atoms with E-state index in [0.717, 1.165) is 5.56 Å². The van der Waals surface area contributed by atoms with Crippen molar-refractivity contribution >= 4 is 15.7 Å². The molecular weight excluding hydrogens is 464 g/mol. The topological polar surface area (TPSA) is 154 Å². The number of aryl methyl sites for hydroxylation is 1. The Bertz CT molecular complexity index is 1210. The second-order valence-corrected chi connectivity index (χ2v) is 9.99. The summed E-state index contributed by atoms with van der Waals surface area (Å²) < 4.78 is 40.9. The van der Waals surface area contributed by atoms with Gasteiger partial charge in [0.25, 0.3) is 5.91 Å². The Kier molecular flexibility index (Phi) is 7.20. The number of carbonyl (C=O) groups is 1. The van der Waals surface area contributed by atoms with Crippen LogP contribution in [-0.2, 0) is 25.8 Å². The minimum Gasteiger partial charge on any atom is -0.494 e. The molecule has 12 heteroatoms. The summed E-state index contributed by atoms with van der Waals surface area (Å²) >= 11 is 0. The van der Waals surface area contributed by atoms with Crippen LogP contribution in [0.5, 0.6) is 5.75 Å². The molecule has 1 saturated heterocycles. The van der Waals surface area contributed by atoms with Gasteiger partial charge in [0, 0.05) is 37.6 Å². The van der Waals surface area contributed by atoms with Crippen molar-refractivity contribution < 1.29 is 32.4 Å². The number of aromatic nitrogens is 3. The maximum Gasteiger partial charge on any atom is 0.265 e. The number of hydrogen-bond donors (Lipinski definition) is 2. The fourth-order valence-corrected chi connectivity index (χ4v) is 5.68. The third-order valence-corrected chi connectivity index (χ3v) is 8.17. The predicted molar refractivity (Wildman–Crippen MR) is 118 cm³/mol. The van der Waals surface area contributed by atoms with Gasteiger partial charge in [0.2, 0.25) is 11.7 Å². The molecule has 4 rings (SSSR count). The zero-order valence-corrected chi connectivity index (χ0v) is 19.0. The summed E-state index contributed by atoms with van der Waals surface area (Å²) in [6.07, 6.45) is 4.35. The fourth-order valence-electron chi connectivity index (χ4n) is 3.74. The van der Waals surface area contributed by atoms with Gasteiger partial charge in [-0.1, -0.05) is 5.16 Å². The van der Waals surface area contributed by atoms with Crippen molar-refractivity contribution in [3.05, 3.63) is 54.7 Å². The molecule has 0 aliphatic carbocycles. The first-order valence-corrected chi connectivity index (χ1v) is 12.2. The number of carbonyl (C=O) groups excluding carboxylic acids is 1. The van der Waals surface area contributed by atoms with Crippen LogP contribution in [0.1, 0.15) is 25.2 Å². The molecule has 3 heterocycles. The Morgan fingerprint density at radius 2 is 1.94 bits per heavy atom. The van der Waals surface area contributed by atoms with Gasteiger partial charge < -0.3 is 14.0 Å². The number of sulfone groups is 1. The summed E-state index contributed by atoms with van der Waals surface area (Å²) in [5.41, 5.74) is 2.27. The van der Waals surface area contributed by atoms with Crippen LogP contribution in [0.2, 0.25) is 0 Å². The summed E-state index contributed by atoms with van der Waals surface area (Å²) in [7, 11) is -4.07. The Hall–Kier alpha value is -3.35. The standard InChI is InChI=1S/C22H24N4O7S/c27-21(25-28)22(9-13-31-14-10-22)34(29,30)18-7-5-17(6-8-18)32-12-2-4-19-24-20(26-33-19)16-3-1-11-23-15-16/h1,3,5-8,11,15,28H,2,4,9-10,12-14H2,(H,25,27). The van der Waals surface area contributed by atoms with Gasteiger partial charge in [-0.2, -0.15) is 4.98 Å². The third-order valence-electron chi connectivity index (χ3n) is 5.66. The number of ether oxygens (including phenoxy) is 2. The Morgan fingerprint density at radius 3 is 2.62 bits per heavy atom. The first kappa shape index (κ1) is 23.8. The lowest BCUT2D eigenvalue weighted by molar-refractivity contribution is -0.134. The van der Waals surface area contributed by atoms with Crippen molar-refractivity contribution in [2.24, 2.45) is 0 Å². The highest BCUT2D eigenvalue weighted by molar-refractivity contribution is 7.93. The van der Waals surface area contributed by atoms with Crippen LogP contribution in [-0.4, -0.2) is 59.2 Å². The number of hydrogen-bond acceptors (Lipinski definition) is 10. The van der Waals surface area contributed by atoms with Crippen molar-refractivity contribution in [1.82, 2.24) is 20.6 Å². The van der Waals surface area contributed by atoms with Gasteiger partial charge in [-0.25, -0.2) is 13.9 Å². The molecule has 1 aliphatic rings. The van der Waals surface area contributed by atoms with Gasteiger partial charge in [-0.05, 0) is 55.7 Å². The van der Waals surface area contributed by atoms with E-state index in [0.29, 0.717) is 36.9 Å². The smallest absolute Gasteiger partial charge is 0.265 e. The second kappa shape index (κ2) is 10.3. The molecule has 1 fully saturated rings. The first-order valence-electron chi connectivity index (χ1n) is 10.7. The molecule has 180 valence electrons. The van der Waals surface area contributed by atoms with Crippen LogP contribution in [0.4, 0.5) is 0 Å². The summed E-state index contributed by atoms with van der Waals surface area (Å²) in [6, 6.07) is 9.48. The van der Waals surface area contributed by atoms with Crippen LogP contribution >= 0.6 is 0 Å². The highest BCUT2D eigenvalue weighted by Gasteiger charge is 2.52. The van der Waals surface area contributed by atoms with Crippen LogP contribution < -0.4 is 10.2 Å². The van der Waals surface area contributed by atoms with Crippen molar-refractivity contribution in [2.45, 2.75) is 35.3 Å². The maximum atomic E-state index is 13.2. The zero-order valence-electron chi connectivity index (χ0n) is 18.2. The van der Waals surface area contributed by atoms with E-state index in [-0.39, 0.29) is 31.0 Å². The van der Waals surface area contributed by atoms with E-state index < -0.39 is 20.5 Å². The molecule has 1 aliphatic heterocycles. The molecule has 0 bridgehead atoms. The van der Waals surface area contributed by atoms with E-state index in [9.17, 15) is 13.2 Å². The molecule has 0 unspecified atom stereocenters. The minimum absolute atomic E-state index is 0.0286. The molecule has 2 N–H and O–H groups in total. The predicted octanol–water partition coefficient (Wildman–Crippen LogP) is 1.97. The number of nitrogens with zero attached hydrogens (tertiary/aromatic N) is 3. The zero-order chi connectivity index (χ0) is 24.0. The molecule has 0 atom stereocenters. The highest BCUT2D eigenvalue weighted by Crippen LogP contribution is 2.35. The van der Waals surface area contributed by atoms with E-state index in [2.05, 4.69) is 15.1 Å². The summed E-state index contributed by atoms with van der Waals surface area (Å²) in [5, 5.41) is 13.1. The van der Waals surface area contributed by atoms with Gasteiger partial charge >= 0.3 is 0 Å². The van der Waals surface area contributed by atoms with E-state index in [1.54, 1.807) is 18.5 Å². The molecule has 34 heavy (non-hydrogen) atoms. The fraction of sp³-hybridized carbons (Fsp3) is 0.364. The average Bonchev–Trinajstić information content (AvgIpc) is 3.36. The van der Waals surface area contributed by atoms with Gasteiger partial charge in [-0.3, -0.25) is 15.0 Å². The maximum absolute atomic E-state index is 13.2. The van der Waals surface area contributed by atoms with Crippen LogP contribution in [0.15, 0.2) is 58.2 Å². The Balaban J connectivity index is 1.34. The van der Waals surface area contributed by atoms with Crippen LogP contribution in [0.25, 0.3) is 11.4 Å². The molecule has 0 saturated carbocycles. The quantitative estimate of drug-likeness (QED) is 0.259. The summed E-state index contributed by atoms with van der Waals surface area (Å²) in [5.74, 6) is 0.475. The highest BCUT2D eigenvalue weighted by atomic mass is 32.2. The average molecular weight is 489 g/mol. The van der Waals surface area contributed by atoms with Gasteiger partial charge in [0.15, 0.2) is 14.6 Å². The number of amides is 1. The molecule has 3 aromatic rings. The molecule has 0 radical (unpaired) electrons. The van der Waals surface area contributed by atoms with E-state index in [4.69, 9.17) is 19.2 Å². The lowest BCUT2D eigenvalue weighted by Gasteiger charge is -2.34. The van der Waals surface area contributed by atoms with E-state index in [1.807, 2.05) is 6.07 Å². The SMILES string of the molecule is O=C(NO)C1(S(=O)(=O)c2ccc(OCCCc3nc(-c4cccnc4)no3)cc2)CCOCC1. The third kappa shape index (κ3) is 4.79. The second-order valence-electron chi connectivity index (χ2n) is 7.73. The normalized spacial score (nSPS) is 15.6. The van der Waals surface area contributed by atoms with E-state index >= 15 is 0 Å². The molecule has 11 nitrogen and oxygen atoms in total. The van der Waals surface area contributed by atoms with Gasteiger partial charge in [0.1, 0.15) is 5.75 Å². The van der Waals surface area contributed by atoms with Gasteiger partial charge in [-0.15, -0.1) is 0 Å². The first-order chi connectivity index (χ1) is 16.5. The molecule has 1 aromatic carbocycles. The van der Waals surface area contributed by atoms with E-state index in [1.165, 1.54) is 29.7 Å². The lowest BCUT2D eigenvalue weighted by Crippen LogP contribution is -2.54. The van der Waals surface area contributed by atoms with Crippen LogP contribution in [0.3, 0.4) is 0 Å². The summed E-state index contributed by atoms with van der Waals surface area (Å²) in [6.45, 7) is 0.570. The van der Waals surface area contributed by atoms with Crippen molar-refractivity contribution in [1.29, 1.82) is 0 Å². The number of benzene rings is 1. The van der Waals surface area contributed by atoms with Gasteiger partial charge in [0.05, 0.1) is 11.5 Å². The number of hydroxylamine groups is 1. The Labute approximate surface area is 196 Å². The monoisotopic (exact) mass is 488 g/mol. The molecule has 1 amide bonds. The number of rotatable bonds is 9.